The summed E-state index contributed by atoms with van der Waals surface area (Å²) < 4.78 is 6.48. The second-order valence-corrected chi connectivity index (χ2v) is 11.1. The molecular formula is C31H37BrN6O2. The molecule has 0 unspecified atom stereocenters. The van der Waals surface area contributed by atoms with Crippen molar-refractivity contribution in [2.75, 3.05) is 57.3 Å². The van der Waals surface area contributed by atoms with E-state index in [4.69, 9.17) is 10.00 Å². The third kappa shape index (κ3) is 7.39. The first-order chi connectivity index (χ1) is 19.6. The molecule has 0 bridgehead atoms. The van der Waals surface area contributed by atoms with E-state index in [-0.39, 0.29) is 7.33 Å². The van der Waals surface area contributed by atoms with Gasteiger partial charge in [-0.25, -0.2) is 4.98 Å². The molecule has 1 N–H and O–H groups in total. The average Bonchev–Trinajstić information content (AvgIpc) is 3.00. The number of likely N-dealkylation sites (tertiary alicyclic amines) is 1. The number of aromatic nitrogens is 1. The molecule has 2 saturated heterocycles. The number of benzene rings is 2. The largest absolute Gasteiger partial charge is 0.492 e. The molecule has 0 spiro atoms. The Hall–Kier alpha value is -3.45. The molecule has 0 radical (unpaired) electrons. The lowest BCUT2D eigenvalue weighted by molar-refractivity contribution is 0.0946. The number of para-hydroxylation sites is 1. The number of nitriles is 1. The van der Waals surface area contributed by atoms with Crippen molar-refractivity contribution in [3.8, 4) is 11.8 Å². The molecule has 2 aliphatic rings. The van der Waals surface area contributed by atoms with Crippen LogP contribution < -0.4 is 15.0 Å². The molecule has 1 aromatic heterocycles. The summed E-state index contributed by atoms with van der Waals surface area (Å²) in [5.41, 5.74) is 2.51. The molecule has 2 aromatic carbocycles. The Morgan fingerprint density at radius 1 is 1.05 bits per heavy atom. The summed E-state index contributed by atoms with van der Waals surface area (Å²) in [4.78, 5) is 24.7. The maximum atomic E-state index is 12.6. The molecule has 3 aromatic rings. The minimum absolute atomic E-state index is 0. The fraction of sp³-hybridized carbons (Fsp3) is 0.387. The summed E-state index contributed by atoms with van der Waals surface area (Å²) in [6.45, 7) is 7.82. The van der Waals surface area contributed by atoms with Crippen molar-refractivity contribution in [2.24, 2.45) is 0 Å². The van der Waals surface area contributed by atoms with Gasteiger partial charge < -0.3 is 15.0 Å². The molecule has 2 aliphatic heterocycles. The van der Waals surface area contributed by atoms with Gasteiger partial charge in [-0.15, -0.1) is 0 Å². The zero-order valence-corrected chi connectivity index (χ0v) is 24.2. The van der Waals surface area contributed by atoms with Crippen LogP contribution in [-0.2, 0) is 6.54 Å². The van der Waals surface area contributed by atoms with Crippen LogP contribution in [0.3, 0.4) is 0 Å². The van der Waals surface area contributed by atoms with E-state index < -0.39 is 0 Å². The highest BCUT2D eigenvalue weighted by molar-refractivity contribution is 9.10. The molecule has 2 fully saturated rings. The van der Waals surface area contributed by atoms with E-state index in [0.717, 1.165) is 61.9 Å². The third-order valence-corrected chi connectivity index (χ3v) is 8.24. The van der Waals surface area contributed by atoms with Crippen molar-refractivity contribution in [3.63, 3.8) is 0 Å². The van der Waals surface area contributed by atoms with Gasteiger partial charge in [-0.05, 0) is 77.8 Å². The lowest BCUT2D eigenvalue weighted by Crippen LogP contribution is -2.53. The Morgan fingerprint density at radius 3 is 2.45 bits per heavy atom. The second-order valence-electron chi connectivity index (χ2n) is 10.3. The van der Waals surface area contributed by atoms with Crippen molar-refractivity contribution in [1.82, 2.24) is 20.1 Å². The fourth-order valence-corrected chi connectivity index (χ4v) is 6.02. The van der Waals surface area contributed by atoms with Crippen molar-refractivity contribution < 1.29 is 11.0 Å². The van der Waals surface area contributed by atoms with Crippen molar-refractivity contribution in [2.45, 2.75) is 25.4 Å². The Morgan fingerprint density at radius 2 is 1.77 bits per heavy atom. The first kappa shape index (κ1) is 28.1. The predicted octanol–water partition coefficient (Wildman–Crippen LogP) is 4.56. The highest BCUT2D eigenvalue weighted by Gasteiger charge is 2.28. The van der Waals surface area contributed by atoms with Gasteiger partial charge in [0.2, 0.25) is 0 Å². The summed E-state index contributed by atoms with van der Waals surface area (Å²) in [6.07, 6.45) is 4.01. The summed E-state index contributed by atoms with van der Waals surface area (Å²) >= 11 is 3.65. The molecule has 40 heavy (non-hydrogen) atoms. The van der Waals surface area contributed by atoms with Gasteiger partial charge in [0.15, 0.2) is 0 Å². The van der Waals surface area contributed by atoms with E-state index in [0.29, 0.717) is 30.3 Å². The predicted molar refractivity (Wildman–Crippen MR) is 162 cm³/mol. The number of ether oxygens (including phenoxy) is 1. The second kappa shape index (κ2) is 13.8. The number of nitrogens with one attached hydrogen (secondary N) is 1. The lowest BCUT2D eigenvalue weighted by atomic mass is 10.0. The summed E-state index contributed by atoms with van der Waals surface area (Å²) in [5, 5.41) is 11.9. The number of nitrogens with zero attached hydrogens (tertiary/aromatic N) is 5. The van der Waals surface area contributed by atoms with Gasteiger partial charge in [0.05, 0.1) is 28.2 Å². The molecule has 0 atom stereocenters. The molecule has 0 aliphatic carbocycles. The maximum absolute atomic E-state index is 12.6. The zero-order chi connectivity index (χ0) is 27.7. The quantitative estimate of drug-likeness (QED) is 0.358. The monoisotopic (exact) mass is 604 g/mol. The Balaban J connectivity index is 0.00000387. The van der Waals surface area contributed by atoms with E-state index in [1.165, 1.54) is 18.4 Å². The number of piperazine rings is 1. The van der Waals surface area contributed by atoms with Gasteiger partial charge in [0.1, 0.15) is 18.2 Å². The molecular weight excluding hydrogens is 568 g/mol. The number of carbonyl (C=O) groups is 1. The Labute approximate surface area is 246 Å². The molecule has 9 heteroatoms. The number of amides is 1. The van der Waals surface area contributed by atoms with Gasteiger partial charge in [-0.2, -0.15) is 5.26 Å². The van der Waals surface area contributed by atoms with Crippen LogP contribution in [0.2, 0.25) is 0 Å². The van der Waals surface area contributed by atoms with Crippen LogP contribution in [0.5, 0.6) is 5.75 Å². The van der Waals surface area contributed by atoms with E-state index in [1.54, 1.807) is 6.20 Å². The number of pyridine rings is 1. The number of anilines is 1. The highest BCUT2D eigenvalue weighted by atomic mass is 79.9. The molecule has 3 heterocycles. The molecule has 5 rings (SSSR count). The van der Waals surface area contributed by atoms with Crippen LogP contribution >= 0.6 is 15.9 Å². The maximum Gasteiger partial charge on any atom is 0.253 e. The van der Waals surface area contributed by atoms with Gasteiger partial charge in [0.25, 0.3) is 5.91 Å². The van der Waals surface area contributed by atoms with Crippen LogP contribution in [0.15, 0.2) is 71.3 Å². The van der Waals surface area contributed by atoms with Crippen molar-refractivity contribution in [3.05, 3.63) is 88.0 Å². The molecule has 0 saturated carbocycles. The van der Waals surface area contributed by atoms with E-state index in [9.17, 15) is 4.79 Å². The summed E-state index contributed by atoms with van der Waals surface area (Å²) in [5.74, 6) is 1.52. The molecule has 210 valence electrons. The number of rotatable bonds is 9. The molecule has 8 nitrogen and oxygen atoms in total. The van der Waals surface area contributed by atoms with Crippen LogP contribution in [-0.4, -0.2) is 79.2 Å². The van der Waals surface area contributed by atoms with Crippen molar-refractivity contribution in [1.29, 1.82) is 5.26 Å². The summed E-state index contributed by atoms with van der Waals surface area (Å²) in [7, 11) is 0. The fourth-order valence-electron chi connectivity index (χ4n) is 5.42. The van der Waals surface area contributed by atoms with Gasteiger partial charge >= 0.3 is 0 Å². The van der Waals surface area contributed by atoms with Crippen LogP contribution in [0.25, 0.3) is 0 Å². The number of hydrogen-bond acceptors (Lipinski definition) is 7. The third-order valence-electron chi connectivity index (χ3n) is 7.66. The van der Waals surface area contributed by atoms with Crippen LogP contribution in [0.1, 0.15) is 35.8 Å². The van der Waals surface area contributed by atoms with Gasteiger partial charge in [-0.1, -0.05) is 30.3 Å². The van der Waals surface area contributed by atoms with E-state index >= 15 is 0 Å². The summed E-state index contributed by atoms with van der Waals surface area (Å²) in [6, 6.07) is 22.2. The van der Waals surface area contributed by atoms with Crippen molar-refractivity contribution >= 4 is 27.7 Å². The smallest absolute Gasteiger partial charge is 0.253 e. The van der Waals surface area contributed by atoms with Gasteiger partial charge in [0, 0.05) is 46.4 Å². The topological polar surface area (TPSA) is 84.7 Å². The standard InChI is InChI=1S/C31H35BrN6O2.H2/c32-29-20-26(31(39)34-12-19-40-28-4-2-1-3-5-28)22-35-30(29)38-17-15-37(16-18-38)27-10-13-36(14-11-27)23-25-8-6-24(21-33)7-9-25;/h1-9,20,22,27H,10-19,23H2,(H,34,39);1H. The normalized spacial score (nSPS) is 16.9. The first-order valence-electron chi connectivity index (χ1n) is 13.9. The SMILES string of the molecule is N#Cc1ccc(CN2CCC(N3CCN(c4ncc(C(=O)NCCOc5ccccc5)cc4Br)CC3)CC2)cc1.[HH]. The number of halogens is 1. The Kier molecular flexibility index (Phi) is 9.66. The van der Waals surface area contributed by atoms with E-state index in [1.807, 2.05) is 48.5 Å². The van der Waals surface area contributed by atoms with E-state index in [2.05, 4.69) is 59.1 Å². The highest BCUT2D eigenvalue weighted by Crippen LogP contribution is 2.27. The molecule has 1 amide bonds. The first-order valence-corrected chi connectivity index (χ1v) is 14.7. The van der Waals surface area contributed by atoms with Crippen LogP contribution in [0, 0.1) is 11.3 Å². The number of hydrogen-bond donors (Lipinski definition) is 1. The van der Waals surface area contributed by atoms with Crippen LogP contribution in [0.4, 0.5) is 5.82 Å². The minimum Gasteiger partial charge on any atom is -0.492 e. The van der Waals surface area contributed by atoms with Gasteiger partial charge in [-0.3, -0.25) is 14.6 Å². The Bertz CT molecular complexity index is 1300. The zero-order valence-electron chi connectivity index (χ0n) is 22.6. The average molecular weight is 606 g/mol. The lowest BCUT2D eigenvalue weighted by Gasteiger charge is -2.43. The number of piperidine rings is 1. The minimum atomic E-state index is -0.160. The number of carbonyl (C=O) groups excluding carboxylic acids is 1.